The Morgan fingerprint density at radius 3 is 2.67 bits per heavy atom. The summed E-state index contributed by atoms with van der Waals surface area (Å²) in [5.74, 6) is -0.0663. The fourth-order valence-corrected chi connectivity index (χ4v) is 0.816. The van der Waals surface area contributed by atoms with Crippen molar-refractivity contribution in [1.82, 2.24) is 5.32 Å². The third-order valence-electron chi connectivity index (χ3n) is 1.51. The highest BCUT2D eigenvalue weighted by Gasteiger charge is 2.11. The van der Waals surface area contributed by atoms with Gasteiger partial charge in [0.2, 0.25) is 6.41 Å². The molecule has 0 aliphatic carbocycles. The quantitative estimate of drug-likeness (QED) is 0.549. The topological polar surface area (TPSA) is 72.2 Å². The van der Waals surface area contributed by atoms with Gasteiger partial charge in [-0.25, -0.2) is 0 Å². The van der Waals surface area contributed by atoms with Gasteiger partial charge >= 0.3 is 0 Å². The minimum atomic E-state index is -0.428. The third-order valence-corrected chi connectivity index (χ3v) is 1.51. The molecule has 0 aromatic rings. The van der Waals surface area contributed by atoms with Gasteiger partial charge in [0.05, 0.1) is 6.04 Å². The van der Waals surface area contributed by atoms with Crippen LogP contribution >= 0.6 is 0 Å². The first-order valence-corrected chi connectivity index (χ1v) is 3.71. The second kappa shape index (κ2) is 5.35. The molecule has 1 unspecified atom stereocenters. The summed E-state index contributed by atoms with van der Waals surface area (Å²) in [7, 11) is 0. The Morgan fingerprint density at radius 1 is 1.75 bits per heavy atom. The number of carbonyl (C=O) groups is 2. The number of Topliss-reactive ketones (excluding diaryl/α,β-unsaturated/α-hetero) is 1. The molecule has 68 valence electrons. The van der Waals surface area contributed by atoms with Crippen LogP contribution in [0.3, 0.4) is 0 Å². The van der Waals surface area contributed by atoms with Gasteiger partial charge in [-0.1, -0.05) is 6.58 Å². The van der Waals surface area contributed by atoms with E-state index in [2.05, 4.69) is 11.9 Å². The van der Waals surface area contributed by atoms with Crippen molar-refractivity contribution in [2.24, 2.45) is 5.73 Å². The van der Waals surface area contributed by atoms with E-state index < -0.39 is 6.04 Å². The Morgan fingerprint density at radius 2 is 2.33 bits per heavy atom. The second-order valence-electron chi connectivity index (χ2n) is 2.64. The summed E-state index contributed by atoms with van der Waals surface area (Å²) in [6, 6.07) is -0.428. The zero-order chi connectivity index (χ0) is 9.56. The minimum Gasteiger partial charge on any atom is -0.403 e. The van der Waals surface area contributed by atoms with Gasteiger partial charge in [-0.2, -0.15) is 0 Å². The Kier molecular flexibility index (Phi) is 4.76. The van der Waals surface area contributed by atoms with E-state index in [-0.39, 0.29) is 5.78 Å². The molecule has 0 heterocycles. The van der Waals surface area contributed by atoms with Crippen molar-refractivity contribution in [2.75, 3.05) is 0 Å². The van der Waals surface area contributed by atoms with Crippen molar-refractivity contribution in [3.8, 4) is 0 Å². The maximum absolute atomic E-state index is 10.9. The number of rotatable bonds is 6. The monoisotopic (exact) mass is 170 g/mol. The molecule has 12 heavy (non-hydrogen) atoms. The molecule has 0 aliphatic heterocycles. The lowest BCUT2D eigenvalue weighted by Gasteiger charge is -2.11. The van der Waals surface area contributed by atoms with Crippen molar-refractivity contribution in [3.63, 3.8) is 0 Å². The Labute approximate surface area is 71.8 Å². The molecule has 1 atom stereocenters. The van der Waals surface area contributed by atoms with Crippen LogP contribution in [0.5, 0.6) is 0 Å². The van der Waals surface area contributed by atoms with Crippen molar-refractivity contribution < 1.29 is 9.59 Å². The molecule has 4 nitrogen and oxygen atoms in total. The number of nitrogens with two attached hydrogens (primary N) is 1. The molecule has 4 heteroatoms. The molecule has 0 spiro atoms. The van der Waals surface area contributed by atoms with E-state index in [0.717, 1.165) is 0 Å². The molecular weight excluding hydrogens is 156 g/mol. The van der Waals surface area contributed by atoms with E-state index in [1.54, 1.807) is 0 Å². The highest BCUT2D eigenvalue weighted by Crippen LogP contribution is 2.01. The number of hydrogen-bond donors (Lipinski definition) is 2. The van der Waals surface area contributed by atoms with Crippen LogP contribution in [0.1, 0.15) is 19.8 Å². The van der Waals surface area contributed by atoms with Gasteiger partial charge in [0.15, 0.2) is 5.78 Å². The van der Waals surface area contributed by atoms with Crippen molar-refractivity contribution in [1.29, 1.82) is 0 Å². The van der Waals surface area contributed by atoms with Gasteiger partial charge in [0, 0.05) is 5.70 Å². The number of amides is 1. The highest BCUT2D eigenvalue weighted by molar-refractivity contribution is 5.83. The van der Waals surface area contributed by atoms with E-state index in [1.807, 2.05) is 0 Å². The standard InChI is InChI=1S/C8H14N2O2/c1-6(9)3-4-8(7(2)12)10-5-11/h5,8H,1,3-4,9H2,2H3,(H,10,11). The normalized spacial score (nSPS) is 11.8. The number of ketones is 1. The summed E-state index contributed by atoms with van der Waals surface area (Å²) in [4.78, 5) is 20.9. The zero-order valence-corrected chi connectivity index (χ0v) is 7.17. The predicted molar refractivity (Wildman–Crippen MR) is 46.2 cm³/mol. The van der Waals surface area contributed by atoms with Crippen LogP contribution in [-0.2, 0) is 9.59 Å². The minimum absolute atomic E-state index is 0.0663. The van der Waals surface area contributed by atoms with Crippen LogP contribution < -0.4 is 11.1 Å². The second-order valence-corrected chi connectivity index (χ2v) is 2.64. The molecule has 1 amide bonds. The van der Waals surface area contributed by atoms with Crippen molar-refractivity contribution in [2.45, 2.75) is 25.8 Å². The molecule has 0 aromatic heterocycles. The highest BCUT2D eigenvalue weighted by atomic mass is 16.1. The molecular formula is C8H14N2O2. The summed E-state index contributed by atoms with van der Waals surface area (Å²) >= 11 is 0. The van der Waals surface area contributed by atoms with Crippen LogP contribution in [0.4, 0.5) is 0 Å². The maximum Gasteiger partial charge on any atom is 0.207 e. The number of nitrogens with one attached hydrogen (secondary N) is 1. The molecule has 0 rings (SSSR count). The van der Waals surface area contributed by atoms with Gasteiger partial charge in [0.25, 0.3) is 0 Å². The van der Waals surface area contributed by atoms with Crippen molar-refractivity contribution in [3.05, 3.63) is 12.3 Å². The van der Waals surface area contributed by atoms with E-state index in [0.29, 0.717) is 24.9 Å². The summed E-state index contributed by atoms with van der Waals surface area (Å²) in [5.41, 5.74) is 5.84. The summed E-state index contributed by atoms with van der Waals surface area (Å²) in [6.07, 6.45) is 1.58. The van der Waals surface area contributed by atoms with Crippen LogP contribution in [0.25, 0.3) is 0 Å². The SMILES string of the molecule is C=C(N)CCC(NC=O)C(C)=O. The molecule has 0 radical (unpaired) electrons. The first-order chi connectivity index (χ1) is 5.57. The van der Waals surface area contributed by atoms with Crippen molar-refractivity contribution >= 4 is 12.2 Å². The molecule has 0 saturated heterocycles. The number of carbonyl (C=O) groups excluding carboxylic acids is 2. The van der Waals surface area contributed by atoms with Gasteiger partial charge in [-0.05, 0) is 19.8 Å². The van der Waals surface area contributed by atoms with Crippen LogP contribution in [0.2, 0.25) is 0 Å². The number of hydrogen-bond acceptors (Lipinski definition) is 3. The summed E-state index contributed by atoms with van der Waals surface area (Å²) in [5, 5.41) is 2.41. The summed E-state index contributed by atoms with van der Waals surface area (Å²) < 4.78 is 0. The predicted octanol–water partition coefficient (Wildman–Crippen LogP) is -0.0574. The first-order valence-electron chi connectivity index (χ1n) is 3.71. The molecule has 0 saturated carbocycles. The molecule has 0 fully saturated rings. The van der Waals surface area contributed by atoms with Gasteiger partial charge in [-0.3, -0.25) is 9.59 Å². The van der Waals surface area contributed by atoms with Gasteiger partial charge in [-0.15, -0.1) is 0 Å². The Bertz CT molecular complexity index is 189. The lowest BCUT2D eigenvalue weighted by molar-refractivity contribution is -0.121. The maximum atomic E-state index is 10.9. The lowest BCUT2D eigenvalue weighted by Crippen LogP contribution is -2.34. The van der Waals surface area contributed by atoms with E-state index in [4.69, 9.17) is 5.73 Å². The van der Waals surface area contributed by atoms with E-state index >= 15 is 0 Å². The molecule has 0 aliphatic rings. The summed E-state index contributed by atoms with van der Waals surface area (Å²) in [6.45, 7) is 4.93. The first kappa shape index (κ1) is 10.7. The molecule has 3 N–H and O–H groups in total. The fourth-order valence-electron chi connectivity index (χ4n) is 0.816. The average molecular weight is 170 g/mol. The van der Waals surface area contributed by atoms with Gasteiger partial charge in [0.1, 0.15) is 0 Å². The van der Waals surface area contributed by atoms with Crippen LogP contribution in [0, 0.1) is 0 Å². The van der Waals surface area contributed by atoms with Gasteiger partial charge < -0.3 is 11.1 Å². The Hall–Kier alpha value is -1.32. The largest absolute Gasteiger partial charge is 0.403 e. The Balaban J connectivity index is 3.86. The zero-order valence-electron chi connectivity index (χ0n) is 7.17. The lowest BCUT2D eigenvalue weighted by atomic mass is 10.1. The third kappa shape index (κ3) is 4.49. The number of allylic oxidation sites excluding steroid dienone is 1. The molecule has 0 bridgehead atoms. The average Bonchev–Trinajstić information content (AvgIpc) is 1.96. The molecule has 0 aromatic carbocycles. The smallest absolute Gasteiger partial charge is 0.207 e. The fraction of sp³-hybridized carbons (Fsp3) is 0.500. The van der Waals surface area contributed by atoms with Crippen LogP contribution in [0.15, 0.2) is 12.3 Å². The van der Waals surface area contributed by atoms with E-state index in [9.17, 15) is 9.59 Å². The van der Waals surface area contributed by atoms with Crippen LogP contribution in [-0.4, -0.2) is 18.2 Å². The van der Waals surface area contributed by atoms with E-state index in [1.165, 1.54) is 6.92 Å².